The number of halogens is 1. The van der Waals surface area contributed by atoms with Gasteiger partial charge in [-0.3, -0.25) is 4.79 Å². The topological polar surface area (TPSA) is 63.9 Å². The Bertz CT molecular complexity index is 1110. The highest BCUT2D eigenvalue weighted by Gasteiger charge is 2.28. The van der Waals surface area contributed by atoms with Crippen molar-refractivity contribution in [2.24, 2.45) is 0 Å². The van der Waals surface area contributed by atoms with E-state index in [2.05, 4.69) is 10.2 Å². The van der Waals surface area contributed by atoms with E-state index in [-0.39, 0.29) is 30.0 Å². The Morgan fingerprint density at radius 3 is 2.41 bits per heavy atom. The minimum atomic E-state index is -0.350. The second kappa shape index (κ2) is 8.82. The first kappa shape index (κ1) is 22.1. The molecule has 32 heavy (non-hydrogen) atoms. The standard InChI is InChI=1S/C25H29FN2O4/c1-14(2)30-22-10-19-21(11-20(22)28-12-15(3)31-16(4)13-28)32-24(23(19)25(29)27-5)17-6-8-18(26)9-7-17/h6-11,14-16H,12-13H2,1-5H3,(H,27,29). The fourth-order valence-corrected chi connectivity index (χ4v) is 4.24. The molecule has 2 unspecified atom stereocenters. The number of carbonyl (C=O) groups excluding carboxylic acids is 1. The first-order valence-electron chi connectivity index (χ1n) is 10.9. The van der Waals surface area contributed by atoms with Crippen LogP contribution in [0, 0.1) is 5.82 Å². The highest BCUT2D eigenvalue weighted by molar-refractivity contribution is 6.12. The summed E-state index contributed by atoms with van der Waals surface area (Å²) in [4.78, 5) is 15.1. The maximum Gasteiger partial charge on any atom is 0.255 e. The van der Waals surface area contributed by atoms with Crippen LogP contribution in [0.15, 0.2) is 40.8 Å². The molecule has 0 radical (unpaired) electrons. The molecule has 1 aliphatic rings. The fourth-order valence-electron chi connectivity index (χ4n) is 4.24. The SMILES string of the molecule is CNC(=O)c1c(-c2ccc(F)cc2)oc2cc(N3CC(C)OC(C)C3)c(OC(C)C)cc12. The van der Waals surface area contributed by atoms with E-state index in [1.165, 1.54) is 12.1 Å². The monoisotopic (exact) mass is 440 g/mol. The largest absolute Gasteiger partial charge is 0.489 e. The van der Waals surface area contributed by atoms with Gasteiger partial charge >= 0.3 is 0 Å². The second-order valence-corrected chi connectivity index (χ2v) is 8.54. The van der Waals surface area contributed by atoms with Crippen LogP contribution >= 0.6 is 0 Å². The predicted molar refractivity (Wildman–Crippen MR) is 123 cm³/mol. The lowest BCUT2D eigenvalue weighted by Crippen LogP contribution is -2.45. The summed E-state index contributed by atoms with van der Waals surface area (Å²) in [6.07, 6.45) is 0.109. The molecule has 1 saturated heterocycles. The number of hydrogen-bond acceptors (Lipinski definition) is 5. The Hall–Kier alpha value is -3.06. The molecular formula is C25H29FN2O4. The number of nitrogens with one attached hydrogen (secondary N) is 1. The van der Waals surface area contributed by atoms with E-state index in [1.54, 1.807) is 19.2 Å². The van der Waals surface area contributed by atoms with E-state index < -0.39 is 0 Å². The van der Waals surface area contributed by atoms with Gasteiger partial charge in [-0.2, -0.15) is 0 Å². The molecule has 2 aromatic carbocycles. The third-order valence-electron chi connectivity index (χ3n) is 5.45. The Morgan fingerprint density at radius 2 is 1.81 bits per heavy atom. The number of ether oxygens (including phenoxy) is 2. The zero-order valence-corrected chi connectivity index (χ0v) is 19.1. The zero-order chi connectivity index (χ0) is 23.0. The van der Waals surface area contributed by atoms with Crippen LogP contribution in [-0.4, -0.2) is 44.4 Å². The van der Waals surface area contributed by atoms with E-state index in [0.717, 1.165) is 18.8 Å². The Morgan fingerprint density at radius 1 is 1.16 bits per heavy atom. The van der Waals surface area contributed by atoms with E-state index in [4.69, 9.17) is 13.9 Å². The third-order valence-corrected chi connectivity index (χ3v) is 5.45. The van der Waals surface area contributed by atoms with Crippen molar-refractivity contribution in [2.75, 3.05) is 25.0 Å². The van der Waals surface area contributed by atoms with Crippen LogP contribution in [0.3, 0.4) is 0 Å². The number of furan rings is 1. The van der Waals surface area contributed by atoms with Crippen molar-refractivity contribution in [1.82, 2.24) is 5.32 Å². The molecule has 0 saturated carbocycles. The lowest BCUT2D eigenvalue weighted by Gasteiger charge is -2.37. The van der Waals surface area contributed by atoms with E-state index in [0.29, 0.717) is 33.6 Å². The van der Waals surface area contributed by atoms with Crippen LogP contribution in [0.4, 0.5) is 10.1 Å². The number of amides is 1. The van der Waals surface area contributed by atoms with Crippen molar-refractivity contribution in [1.29, 1.82) is 0 Å². The van der Waals surface area contributed by atoms with E-state index in [9.17, 15) is 9.18 Å². The molecule has 2 atom stereocenters. The van der Waals surface area contributed by atoms with Crippen LogP contribution < -0.4 is 15.0 Å². The van der Waals surface area contributed by atoms with Gasteiger partial charge in [0, 0.05) is 37.2 Å². The smallest absolute Gasteiger partial charge is 0.255 e. The van der Waals surface area contributed by atoms with Crippen LogP contribution in [0.1, 0.15) is 38.1 Å². The molecule has 170 valence electrons. The first-order chi connectivity index (χ1) is 15.3. The zero-order valence-electron chi connectivity index (χ0n) is 19.1. The van der Waals surface area contributed by atoms with E-state index >= 15 is 0 Å². The first-order valence-corrected chi connectivity index (χ1v) is 10.9. The highest BCUT2D eigenvalue weighted by Crippen LogP contribution is 2.41. The van der Waals surface area contributed by atoms with Gasteiger partial charge in [0.1, 0.15) is 22.9 Å². The number of morpholine rings is 1. The van der Waals surface area contributed by atoms with Gasteiger partial charge in [-0.05, 0) is 58.0 Å². The summed E-state index contributed by atoms with van der Waals surface area (Å²) in [7, 11) is 1.58. The van der Waals surface area contributed by atoms with Crippen molar-refractivity contribution in [3.63, 3.8) is 0 Å². The number of hydrogen-bond donors (Lipinski definition) is 1. The highest BCUT2D eigenvalue weighted by atomic mass is 19.1. The summed E-state index contributed by atoms with van der Waals surface area (Å²) in [6.45, 7) is 9.48. The van der Waals surface area contributed by atoms with Crippen molar-refractivity contribution >= 4 is 22.6 Å². The number of carbonyl (C=O) groups is 1. The molecule has 1 aromatic heterocycles. The van der Waals surface area contributed by atoms with Gasteiger partial charge in [0.05, 0.1) is 29.6 Å². The Balaban J connectivity index is 1.92. The summed E-state index contributed by atoms with van der Waals surface area (Å²) >= 11 is 0. The fraction of sp³-hybridized carbons (Fsp3) is 0.400. The quantitative estimate of drug-likeness (QED) is 0.605. The summed E-state index contributed by atoms with van der Waals surface area (Å²) in [5, 5.41) is 3.34. The van der Waals surface area contributed by atoms with Gasteiger partial charge in [0.2, 0.25) is 0 Å². The van der Waals surface area contributed by atoms with E-state index in [1.807, 2.05) is 39.8 Å². The van der Waals surface area contributed by atoms with Crippen LogP contribution in [0.2, 0.25) is 0 Å². The summed E-state index contributed by atoms with van der Waals surface area (Å²) in [5.41, 5.74) is 2.50. The molecule has 1 N–H and O–H groups in total. The third kappa shape index (κ3) is 4.30. The lowest BCUT2D eigenvalue weighted by atomic mass is 10.0. The lowest BCUT2D eigenvalue weighted by molar-refractivity contribution is -0.00538. The predicted octanol–water partition coefficient (Wildman–Crippen LogP) is 5.00. The van der Waals surface area contributed by atoms with Crippen LogP contribution in [0.5, 0.6) is 5.75 Å². The summed E-state index contributed by atoms with van der Waals surface area (Å²) in [6, 6.07) is 9.72. The molecule has 1 fully saturated rings. The molecule has 0 bridgehead atoms. The molecule has 6 nitrogen and oxygen atoms in total. The summed E-state index contributed by atoms with van der Waals surface area (Å²) in [5.74, 6) is 0.456. The summed E-state index contributed by atoms with van der Waals surface area (Å²) < 4.78 is 31.7. The molecule has 0 aliphatic carbocycles. The molecule has 2 heterocycles. The Labute approximate surface area is 187 Å². The van der Waals surface area contributed by atoms with Crippen molar-refractivity contribution in [3.05, 3.63) is 47.8 Å². The maximum atomic E-state index is 13.5. The molecule has 4 rings (SSSR count). The number of nitrogens with zero attached hydrogens (tertiary/aromatic N) is 1. The second-order valence-electron chi connectivity index (χ2n) is 8.54. The Kier molecular flexibility index (Phi) is 6.11. The van der Waals surface area contributed by atoms with Gasteiger partial charge in [-0.25, -0.2) is 4.39 Å². The van der Waals surface area contributed by atoms with Gasteiger partial charge in [-0.15, -0.1) is 0 Å². The van der Waals surface area contributed by atoms with Crippen LogP contribution in [0.25, 0.3) is 22.3 Å². The molecular weight excluding hydrogens is 411 g/mol. The average molecular weight is 441 g/mol. The minimum Gasteiger partial charge on any atom is -0.489 e. The van der Waals surface area contributed by atoms with Crippen molar-refractivity contribution < 1.29 is 23.1 Å². The van der Waals surface area contributed by atoms with Crippen LogP contribution in [-0.2, 0) is 4.74 Å². The molecule has 3 aromatic rings. The number of fused-ring (bicyclic) bond motifs is 1. The van der Waals surface area contributed by atoms with Crippen molar-refractivity contribution in [3.8, 4) is 17.1 Å². The average Bonchev–Trinajstić information content (AvgIpc) is 3.10. The maximum absolute atomic E-state index is 13.5. The van der Waals surface area contributed by atoms with Gasteiger partial charge in [0.25, 0.3) is 5.91 Å². The van der Waals surface area contributed by atoms with Gasteiger partial charge < -0.3 is 24.1 Å². The molecule has 1 amide bonds. The number of anilines is 1. The van der Waals surface area contributed by atoms with Gasteiger partial charge in [0.15, 0.2) is 0 Å². The minimum absolute atomic E-state index is 0.0472. The number of rotatable bonds is 5. The molecule has 1 aliphatic heterocycles. The van der Waals surface area contributed by atoms with Crippen molar-refractivity contribution in [2.45, 2.75) is 46.0 Å². The normalized spacial score (nSPS) is 18.9. The number of benzene rings is 2. The van der Waals surface area contributed by atoms with Gasteiger partial charge in [-0.1, -0.05) is 0 Å². The molecule has 7 heteroatoms. The molecule has 0 spiro atoms.